The minimum Gasteiger partial charge on any atom is -0.382 e. The molecule has 2 aromatic rings. The average Bonchev–Trinajstić information content (AvgIpc) is 2.96. The van der Waals surface area contributed by atoms with Crippen LogP contribution in [0, 0.1) is 12.3 Å². The maximum absolute atomic E-state index is 12.1. The predicted molar refractivity (Wildman–Crippen MR) is 101 cm³/mol. The number of rotatable bonds is 7. The van der Waals surface area contributed by atoms with Gasteiger partial charge in [-0.3, -0.25) is 9.09 Å². The first-order valence-electron chi connectivity index (χ1n) is 8.38. The summed E-state index contributed by atoms with van der Waals surface area (Å²) in [6.45, 7) is 0. The zero-order chi connectivity index (χ0) is 24.6. The molecule has 0 aromatic carbocycles. The summed E-state index contributed by atoms with van der Waals surface area (Å²) < 4.78 is 52.6. The third kappa shape index (κ3) is 3.93. The Labute approximate surface area is 182 Å². The van der Waals surface area contributed by atoms with Gasteiger partial charge < -0.3 is 40.3 Å². The van der Waals surface area contributed by atoms with Crippen LogP contribution < -0.4 is 5.73 Å². The lowest BCUT2D eigenvalue weighted by Crippen LogP contribution is -2.50. The molecule has 7 atom stereocenters. The summed E-state index contributed by atoms with van der Waals surface area (Å²) in [6, 6.07) is 0. The lowest BCUT2D eigenvalue weighted by molar-refractivity contribution is -0.132. The van der Waals surface area contributed by atoms with Gasteiger partial charge in [-0.05, 0) is 0 Å². The molecular formula is C12H14N5O13P3. The molecule has 0 amide bonds. The fraction of sp³-hybridized carbons (Fsp3) is 0.417. The van der Waals surface area contributed by atoms with Crippen LogP contribution in [0.3, 0.4) is 0 Å². The molecule has 1 aliphatic carbocycles. The molecule has 1 aliphatic heterocycles. The first-order chi connectivity index (χ1) is 15.0. The van der Waals surface area contributed by atoms with E-state index < -0.39 is 53.1 Å². The van der Waals surface area contributed by atoms with Crippen LogP contribution in [-0.4, -0.2) is 72.7 Å². The summed E-state index contributed by atoms with van der Waals surface area (Å²) in [7, 11) is -17.0. The molecule has 0 spiro atoms. The molecule has 4 rings (SSSR count). The first-order valence-corrected chi connectivity index (χ1v) is 12.9. The van der Waals surface area contributed by atoms with Crippen LogP contribution in [-0.2, 0) is 31.6 Å². The number of terminal acetylenes is 1. The van der Waals surface area contributed by atoms with Crippen molar-refractivity contribution in [1.82, 2.24) is 19.5 Å². The SMILES string of the molecule is C#C[C@]1(O)[C@H](n2cnc3c(N)ncnc32)O[C@@H]2C(OP(=O)(O)OP(=O)(O)OP(=O)(O)O)[C@@]21O. The molecular weight excluding hydrogens is 515 g/mol. The van der Waals surface area contributed by atoms with E-state index in [-0.39, 0.29) is 17.0 Å². The molecule has 0 bridgehead atoms. The number of nitrogens with zero attached hydrogens (tertiary/aromatic N) is 4. The average molecular weight is 529 g/mol. The van der Waals surface area contributed by atoms with Gasteiger partial charge in [0.1, 0.15) is 24.1 Å². The molecule has 0 radical (unpaired) electrons. The molecule has 3 heterocycles. The van der Waals surface area contributed by atoms with Gasteiger partial charge in [-0.2, -0.15) is 8.62 Å². The molecule has 2 aromatic heterocycles. The molecule has 2 fully saturated rings. The Kier molecular flexibility index (Phi) is 5.42. The second-order valence-corrected chi connectivity index (χ2v) is 11.2. The van der Waals surface area contributed by atoms with E-state index in [9.17, 15) is 33.7 Å². The number of nitrogens with two attached hydrogens (primary N) is 1. The Morgan fingerprint density at radius 1 is 1.12 bits per heavy atom. The molecule has 18 nitrogen and oxygen atoms in total. The van der Waals surface area contributed by atoms with Gasteiger partial charge in [-0.25, -0.2) is 28.6 Å². The number of phosphoric ester groups is 1. The van der Waals surface area contributed by atoms with E-state index in [1.54, 1.807) is 0 Å². The highest BCUT2D eigenvalue weighted by Gasteiger charge is 2.85. The second-order valence-electron chi connectivity index (χ2n) is 6.85. The number of imidazole rings is 1. The van der Waals surface area contributed by atoms with Gasteiger partial charge in [0.15, 0.2) is 23.3 Å². The van der Waals surface area contributed by atoms with Gasteiger partial charge in [-0.15, -0.1) is 6.42 Å². The zero-order valence-electron chi connectivity index (χ0n) is 15.7. The lowest BCUT2D eigenvalue weighted by Gasteiger charge is -2.32. The van der Waals surface area contributed by atoms with Crippen LogP contribution in [0.1, 0.15) is 6.23 Å². The number of hydrogen-bond donors (Lipinski definition) is 7. The van der Waals surface area contributed by atoms with E-state index in [1.165, 1.54) is 0 Å². The summed E-state index contributed by atoms with van der Waals surface area (Å²) >= 11 is 0. The number of phosphoric acid groups is 3. The Hall–Kier alpha value is -1.80. The van der Waals surface area contributed by atoms with Gasteiger partial charge in [0.05, 0.1) is 6.33 Å². The van der Waals surface area contributed by atoms with Crippen LogP contribution in [0.5, 0.6) is 0 Å². The van der Waals surface area contributed by atoms with Crippen molar-refractivity contribution in [3.05, 3.63) is 12.7 Å². The third-order valence-electron chi connectivity index (χ3n) is 4.80. The number of fused-ring (bicyclic) bond motifs is 2. The summed E-state index contributed by atoms with van der Waals surface area (Å²) in [5.41, 5.74) is 0.725. The Morgan fingerprint density at radius 2 is 1.79 bits per heavy atom. The van der Waals surface area contributed by atoms with Crippen molar-refractivity contribution in [1.29, 1.82) is 0 Å². The number of anilines is 1. The highest BCUT2D eigenvalue weighted by Crippen LogP contribution is 2.70. The van der Waals surface area contributed by atoms with Crippen LogP contribution >= 0.6 is 23.5 Å². The van der Waals surface area contributed by atoms with E-state index >= 15 is 0 Å². The van der Waals surface area contributed by atoms with Gasteiger partial charge in [0.2, 0.25) is 5.60 Å². The van der Waals surface area contributed by atoms with Crippen molar-refractivity contribution >= 4 is 40.4 Å². The van der Waals surface area contributed by atoms with Crippen LogP contribution in [0.25, 0.3) is 11.2 Å². The molecule has 2 aliphatic rings. The fourth-order valence-electron chi connectivity index (χ4n) is 3.43. The van der Waals surface area contributed by atoms with Gasteiger partial charge in [0, 0.05) is 0 Å². The normalized spacial score (nSPS) is 34.9. The Morgan fingerprint density at radius 3 is 2.39 bits per heavy atom. The number of aromatic nitrogens is 4. The third-order valence-corrected chi connectivity index (χ3v) is 8.62. The van der Waals surface area contributed by atoms with Crippen LogP contribution in [0.2, 0.25) is 0 Å². The van der Waals surface area contributed by atoms with Crippen molar-refractivity contribution < 1.29 is 61.4 Å². The van der Waals surface area contributed by atoms with Gasteiger partial charge in [-0.1, -0.05) is 5.92 Å². The second kappa shape index (κ2) is 7.35. The summed E-state index contributed by atoms with van der Waals surface area (Å²) in [5, 5.41) is 21.9. The summed E-state index contributed by atoms with van der Waals surface area (Å²) in [6.07, 6.45) is 2.63. The molecule has 33 heavy (non-hydrogen) atoms. The van der Waals surface area contributed by atoms with Crippen LogP contribution in [0.15, 0.2) is 12.7 Å². The van der Waals surface area contributed by atoms with E-state index in [4.69, 9.17) is 26.7 Å². The quantitative estimate of drug-likeness (QED) is 0.153. The summed E-state index contributed by atoms with van der Waals surface area (Å²) in [4.78, 5) is 47.7. The number of nitrogen functional groups attached to an aromatic ring is 1. The van der Waals surface area contributed by atoms with Gasteiger partial charge >= 0.3 is 23.5 Å². The van der Waals surface area contributed by atoms with Crippen molar-refractivity contribution in [3.63, 3.8) is 0 Å². The maximum atomic E-state index is 12.1. The molecule has 180 valence electrons. The number of hydrogen-bond acceptors (Lipinski definition) is 13. The largest absolute Gasteiger partial charge is 0.490 e. The zero-order valence-corrected chi connectivity index (χ0v) is 18.4. The summed E-state index contributed by atoms with van der Waals surface area (Å²) in [5.74, 6) is 1.91. The van der Waals surface area contributed by atoms with Crippen molar-refractivity contribution in [2.75, 3.05) is 5.73 Å². The minimum atomic E-state index is -5.80. The standard InChI is InChI=1S/C12H14N5O13P3/c1-2-11(18)10(17-4-16-5-8(13)14-3-15-9(5)17)27-6-7(12(6,11)19)28-32(23,24)30-33(25,26)29-31(20,21)22/h1,3-4,6-7,10,18-19H,(H,23,24)(H,25,26)(H2,13,14,15)(H2,20,21,22)/t6-,7?,10-,11+,12+/m1/s1. The van der Waals surface area contributed by atoms with Crippen molar-refractivity contribution in [3.8, 4) is 12.3 Å². The van der Waals surface area contributed by atoms with E-state index in [2.05, 4.69) is 28.1 Å². The topological polar surface area (TPSA) is 279 Å². The monoisotopic (exact) mass is 529 g/mol. The first kappa shape index (κ1) is 24.3. The van der Waals surface area contributed by atoms with E-state index in [1.807, 2.05) is 5.92 Å². The molecule has 3 unspecified atom stereocenters. The maximum Gasteiger partial charge on any atom is 0.490 e. The predicted octanol–water partition coefficient (Wildman–Crippen LogP) is -1.87. The molecule has 1 saturated carbocycles. The minimum absolute atomic E-state index is 0.00426. The molecule has 8 N–H and O–H groups in total. The van der Waals surface area contributed by atoms with Gasteiger partial charge in [0.25, 0.3) is 0 Å². The number of aliphatic hydroxyl groups is 2. The van der Waals surface area contributed by atoms with Crippen molar-refractivity contribution in [2.45, 2.75) is 29.6 Å². The highest BCUT2D eigenvalue weighted by molar-refractivity contribution is 7.66. The Bertz CT molecular complexity index is 1320. The van der Waals surface area contributed by atoms with Crippen LogP contribution in [0.4, 0.5) is 5.82 Å². The van der Waals surface area contributed by atoms with E-state index in [0.29, 0.717) is 0 Å². The Balaban J connectivity index is 1.58. The molecule has 1 saturated heterocycles. The lowest BCUT2D eigenvalue weighted by atomic mass is 9.94. The fourth-order valence-corrected chi connectivity index (χ4v) is 6.65. The van der Waals surface area contributed by atoms with Crippen molar-refractivity contribution in [2.24, 2.45) is 0 Å². The highest BCUT2D eigenvalue weighted by atomic mass is 31.3. The molecule has 21 heteroatoms. The van der Waals surface area contributed by atoms with E-state index in [0.717, 1.165) is 17.2 Å². The smallest absolute Gasteiger partial charge is 0.382 e. The number of ether oxygens (including phenoxy) is 1.